The molecule has 0 aliphatic carbocycles. The molecule has 1 aromatic heterocycles. The first kappa shape index (κ1) is 13.8. The third-order valence-electron chi connectivity index (χ3n) is 3.02. The van der Waals surface area contributed by atoms with Gasteiger partial charge in [-0.25, -0.2) is 9.78 Å². The second kappa shape index (κ2) is 5.54. The van der Waals surface area contributed by atoms with Gasteiger partial charge in [-0.15, -0.1) is 11.3 Å². The lowest BCUT2D eigenvalue weighted by molar-refractivity contribution is -0.142. The number of nitrogens with zero attached hydrogens (tertiary/aromatic N) is 2. The van der Waals surface area contributed by atoms with Crippen LogP contribution in [0, 0.1) is 12.8 Å². The van der Waals surface area contributed by atoms with Gasteiger partial charge in [0.25, 0.3) is 0 Å². The summed E-state index contributed by atoms with van der Waals surface area (Å²) in [5.74, 6) is -1.64. The van der Waals surface area contributed by atoms with Gasteiger partial charge < -0.3 is 14.7 Å². The third kappa shape index (κ3) is 3.02. The van der Waals surface area contributed by atoms with Gasteiger partial charge in [-0.1, -0.05) is 0 Å². The molecule has 104 valence electrons. The van der Waals surface area contributed by atoms with Crippen molar-refractivity contribution >= 4 is 28.5 Å². The van der Waals surface area contributed by atoms with Gasteiger partial charge in [-0.3, -0.25) is 10.1 Å². The molecule has 19 heavy (non-hydrogen) atoms. The first-order chi connectivity index (χ1) is 8.99. The van der Waals surface area contributed by atoms with E-state index in [2.05, 4.69) is 10.3 Å². The Kier molecular flexibility index (Phi) is 4.01. The fraction of sp³-hybridized carbons (Fsp3) is 0.545. The standard InChI is InChI=1S/C11H15N3O4S/c1-6-5-19-10(12-6)13-11(17)14(2)8-4-18-3-7(8)9(15)16/h5,7-8H,3-4H2,1-2H3,(H,15,16)(H,12,13,17). The summed E-state index contributed by atoms with van der Waals surface area (Å²) in [6, 6.07) is -0.838. The van der Waals surface area contributed by atoms with Crippen LogP contribution in [0.3, 0.4) is 0 Å². The lowest BCUT2D eigenvalue weighted by Crippen LogP contribution is -2.45. The minimum absolute atomic E-state index is 0.133. The van der Waals surface area contributed by atoms with Crippen LogP contribution >= 0.6 is 11.3 Å². The maximum atomic E-state index is 12.0. The van der Waals surface area contributed by atoms with Crippen LogP contribution in [0.25, 0.3) is 0 Å². The summed E-state index contributed by atoms with van der Waals surface area (Å²) in [6.07, 6.45) is 0. The number of amides is 2. The molecule has 2 amide bonds. The smallest absolute Gasteiger partial charge is 0.323 e. The lowest BCUT2D eigenvalue weighted by Gasteiger charge is -2.25. The third-order valence-corrected chi connectivity index (χ3v) is 3.89. The van der Waals surface area contributed by atoms with Gasteiger partial charge in [0.1, 0.15) is 5.92 Å². The number of aromatic nitrogens is 1. The van der Waals surface area contributed by atoms with Crippen molar-refractivity contribution in [3.05, 3.63) is 11.1 Å². The van der Waals surface area contributed by atoms with E-state index in [4.69, 9.17) is 9.84 Å². The predicted molar refractivity (Wildman–Crippen MR) is 69.4 cm³/mol. The number of aryl methyl sites for hydroxylation is 1. The number of aliphatic carboxylic acids is 1. The molecule has 0 saturated carbocycles. The molecule has 1 aromatic rings. The molecule has 1 saturated heterocycles. The number of hydrogen-bond donors (Lipinski definition) is 2. The Bertz CT molecular complexity index is 490. The van der Waals surface area contributed by atoms with E-state index in [1.165, 1.54) is 16.2 Å². The Morgan fingerprint density at radius 3 is 2.89 bits per heavy atom. The molecule has 2 atom stereocenters. The van der Waals surface area contributed by atoms with Gasteiger partial charge in [0, 0.05) is 12.4 Å². The van der Waals surface area contributed by atoms with Crippen molar-refractivity contribution in [1.82, 2.24) is 9.88 Å². The summed E-state index contributed by atoms with van der Waals surface area (Å²) in [5.41, 5.74) is 0.829. The van der Waals surface area contributed by atoms with Crippen molar-refractivity contribution in [2.24, 2.45) is 5.92 Å². The normalized spacial score (nSPS) is 22.2. The minimum atomic E-state index is -0.952. The number of nitrogens with one attached hydrogen (secondary N) is 1. The summed E-state index contributed by atoms with van der Waals surface area (Å²) < 4.78 is 5.14. The van der Waals surface area contributed by atoms with E-state index in [0.29, 0.717) is 5.13 Å². The largest absolute Gasteiger partial charge is 0.481 e. The van der Waals surface area contributed by atoms with Crippen LogP contribution in [0.5, 0.6) is 0 Å². The second-order valence-corrected chi connectivity index (χ2v) is 5.24. The molecule has 0 aromatic carbocycles. The van der Waals surface area contributed by atoms with Crippen LogP contribution in [0.1, 0.15) is 5.69 Å². The van der Waals surface area contributed by atoms with E-state index in [0.717, 1.165) is 5.69 Å². The second-order valence-electron chi connectivity index (χ2n) is 4.38. The number of carboxylic acids is 1. The zero-order chi connectivity index (χ0) is 14.0. The lowest BCUT2D eigenvalue weighted by atomic mass is 10.0. The summed E-state index contributed by atoms with van der Waals surface area (Å²) in [7, 11) is 1.56. The number of carboxylic acid groups (broad SMARTS) is 1. The molecule has 2 N–H and O–H groups in total. The van der Waals surface area contributed by atoms with Crippen LogP contribution in [0.15, 0.2) is 5.38 Å². The Hall–Kier alpha value is -1.67. The van der Waals surface area contributed by atoms with Gasteiger partial charge in [-0.05, 0) is 6.92 Å². The highest BCUT2D eigenvalue weighted by atomic mass is 32.1. The van der Waals surface area contributed by atoms with Crippen molar-refractivity contribution in [2.45, 2.75) is 13.0 Å². The quantitative estimate of drug-likeness (QED) is 0.865. The van der Waals surface area contributed by atoms with E-state index in [1.54, 1.807) is 7.05 Å². The fourth-order valence-electron chi connectivity index (χ4n) is 1.90. The average molecular weight is 285 g/mol. The molecular formula is C11H15N3O4S. The molecule has 1 aliphatic rings. The van der Waals surface area contributed by atoms with Crippen molar-refractivity contribution in [3.63, 3.8) is 0 Å². The zero-order valence-corrected chi connectivity index (χ0v) is 11.4. The van der Waals surface area contributed by atoms with Gasteiger partial charge in [-0.2, -0.15) is 0 Å². The van der Waals surface area contributed by atoms with Crippen molar-refractivity contribution in [2.75, 3.05) is 25.6 Å². The maximum absolute atomic E-state index is 12.0. The molecule has 2 heterocycles. The van der Waals surface area contributed by atoms with Crippen LogP contribution in [0.4, 0.5) is 9.93 Å². The Balaban J connectivity index is 2.00. The highest BCUT2D eigenvalue weighted by Gasteiger charge is 2.38. The number of carbonyl (C=O) groups is 2. The number of rotatable bonds is 3. The topological polar surface area (TPSA) is 91.8 Å². The predicted octanol–water partition coefficient (Wildman–Crippen LogP) is 1.01. The van der Waals surface area contributed by atoms with Gasteiger partial charge in [0.05, 0.1) is 24.9 Å². The summed E-state index contributed by atoms with van der Waals surface area (Å²) in [6.45, 7) is 2.20. The number of carbonyl (C=O) groups excluding carboxylic acids is 1. The highest BCUT2D eigenvalue weighted by molar-refractivity contribution is 7.13. The average Bonchev–Trinajstić information content (AvgIpc) is 2.97. The molecule has 8 heteroatoms. The Morgan fingerprint density at radius 2 is 2.32 bits per heavy atom. The van der Waals surface area contributed by atoms with E-state index < -0.39 is 17.9 Å². The number of anilines is 1. The molecule has 2 unspecified atom stereocenters. The first-order valence-corrected chi connectivity index (χ1v) is 6.63. The molecule has 1 aliphatic heterocycles. The van der Waals surface area contributed by atoms with Gasteiger partial charge in [0.15, 0.2) is 5.13 Å². The molecule has 0 radical (unpaired) electrons. The molecule has 0 bridgehead atoms. The van der Waals surface area contributed by atoms with Crippen LogP contribution in [-0.4, -0.2) is 53.3 Å². The van der Waals surface area contributed by atoms with Gasteiger partial charge >= 0.3 is 12.0 Å². The Labute approximate surface area is 114 Å². The maximum Gasteiger partial charge on any atom is 0.323 e. The summed E-state index contributed by atoms with van der Waals surface area (Å²) in [4.78, 5) is 28.6. The highest BCUT2D eigenvalue weighted by Crippen LogP contribution is 2.21. The van der Waals surface area contributed by atoms with Crippen LogP contribution in [0.2, 0.25) is 0 Å². The van der Waals surface area contributed by atoms with E-state index in [9.17, 15) is 9.59 Å². The summed E-state index contributed by atoms with van der Waals surface area (Å²) in [5, 5.41) is 14.0. The fourth-order valence-corrected chi connectivity index (χ4v) is 2.58. The van der Waals surface area contributed by atoms with E-state index >= 15 is 0 Å². The van der Waals surface area contributed by atoms with E-state index in [1.807, 2.05) is 12.3 Å². The number of thiazole rings is 1. The SMILES string of the molecule is Cc1csc(NC(=O)N(C)C2COCC2C(=O)O)n1. The zero-order valence-electron chi connectivity index (χ0n) is 10.6. The number of urea groups is 1. The number of hydrogen-bond acceptors (Lipinski definition) is 5. The Morgan fingerprint density at radius 1 is 1.58 bits per heavy atom. The van der Waals surface area contributed by atoms with E-state index in [-0.39, 0.29) is 19.2 Å². The molecule has 7 nitrogen and oxygen atoms in total. The number of likely N-dealkylation sites (N-methyl/N-ethyl adjacent to an activating group) is 1. The van der Waals surface area contributed by atoms with Crippen LogP contribution < -0.4 is 5.32 Å². The summed E-state index contributed by atoms with van der Waals surface area (Å²) >= 11 is 1.33. The van der Waals surface area contributed by atoms with Crippen molar-refractivity contribution in [3.8, 4) is 0 Å². The molecule has 0 spiro atoms. The van der Waals surface area contributed by atoms with Crippen molar-refractivity contribution in [1.29, 1.82) is 0 Å². The molecule has 2 rings (SSSR count). The van der Waals surface area contributed by atoms with Gasteiger partial charge in [0.2, 0.25) is 0 Å². The minimum Gasteiger partial charge on any atom is -0.481 e. The first-order valence-electron chi connectivity index (χ1n) is 5.75. The number of ether oxygens (including phenoxy) is 1. The van der Waals surface area contributed by atoms with Crippen LogP contribution in [-0.2, 0) is 9.53 Å². The van der Waals surface area contributed by atoms with Crippen molar-refractivity contribution < 1.29 is 19.4 Å². The molecular weight excluding hydrogens is 270 g/mol. The molecule has 1 fully saturated rings. The monoisotopic (exact) mass is 285 g/mol.